The Bertz CT molecular complexity index is 878. The Hall–Kier alpha value is -2.71. The van der Waals surface area contributed by atoms with Gasteiger partial charge in [-0.15, -0.1) is 0 Å². The lowest BCUT2D eigenvalue weighted by Gasteiger charge is -2.11. The number of nitrogens with one attached hydrogen (secondary N) is 2. The summed E-state index contributed by atoms with van der Waals surface area (Å²) in [5.74, 6) is 5.36. The molecule has 1 aromatic carbocycles. The normalized spacial score (nSPS) is 10.6. The summed E-state index contributed by atoms with van der Waals surface area (Å²) >= 11 is 0.844. The van der Waals surface area contributed by atoms with Gasteiger partial charge in [-0.05, 0) is 29.7 Å². The average molecular weight is 337 g/mol. The van der Waals surface area contributed by atoms with Crippen LogP contribution < -0.4 is 10.9 Å². The van der Waals surface area contributed by atoms with Crippen LogP contribution in [0.25, 0.3) is 0 Å². The average Bonchev–Trinajstić information content (AvgIpc) is 2.84. The molecule has 0 radical (unpaired) electrons. The molecule has 0 spiro atoms. The summed E-state index contributed by atoms with van der Waals surface area (Å²) in [5.41, 5.74) is -1.31. The fourth-order valence-electron chi connectivity index (χ4n) is 1.75. The predicted octanol–water partition coefficient (Wildman–Crippen LogP) is 3.83. The van der Waals surface area contributed by atoms with Crippen LogP contribution in [-0.2, 0) is 6.18 Å². The first-order valence-electron chi connectivity index (χ1n) is 6.45. The minimum absolute atomic E-state index is 0.104. The Morgan fingerprint density at radius 3 is 2.70 bits per heavy atom. The topological polar surface area (TPSA) is 68.7 Å². The van der Waals surface area contributed by atoms with Gasteiger partial charge in [0, 0.05) is 17.7 Å². The first-order valence-corrected chi connectivity index (χ1v) is 7.26. The zero-order chi connectivity index (χ0) is 17.0. The van der Waals surface area contributed by atoms with Crippen LogP contribution in [0.1, 0.15) is 30.0 Å². The lowest BCUT2D eigenvalue weighted by atomic mass is 10.1. The molecule has 118 valence electrons. The summed E-state index contributed by atoms with van der Waals surface area (Å²) < 4.78 is 41.3. The van der Waals surface area contributed by atoms with E-state index in [2.05, 4.69) is 21.5 Å². The van der Waals surface area contributed by atoms with Crippen molar-refractivity contribution in [2.24, 2.45) is 0 Å². The van der Waals surface area contributed by atoms with Crippen molar-refractivity contribution in [3.63, 3.8) is 0 Å². The monoisotopic (exact) mass is 337 g/mol. The van der Waals surface area contributed by atoms with Crippen LogP contribution in [0.4, 0.5) is 23.9 Å². The third kappa shape index (κ3) is 3.93. The second-order valence-corrected chi connectivity index (χ2v) is 5.24. The van der Waals surface area contributed by atoms with E-state index < -0.39 is 17.3 Å². The largest absolute Gasteiger partial charge is 0.416 e. The van der Waals surface area contributed by atoms with Gasteiger partial charge in [0.15, 0.2) is 5.56 Å². The third-order valence-corrected chi connectivity index (χ3v) is 3.54. The summed E-state index contributed by atoms with van der Waals surface area (Å²) in [6, 6.07) is 5.01. The van der Waals surface area contributed by atoms with Crippen LogP contribution in [-0.4, -0.2) is 4.37 Å². The van der Waals surface area contributed by atoms with E-state index in [9.17, 15) is 18.0 Å². The number of nitriles is 1. The highest BCUT2D eigenvalue weighted by Gasteiger charge is 2.31. The van der Waals surface area contributed by atoms with Crippen molar-refractivity contribution in [1.82, 2.24) is 4.37 Å². The second kappa shape index (κ2) is 6.59. The summed E-state index contributed by atoms with van der Waals surface area (Å²) in [4.78, 5) is 11.4. The minimum Gasteiger partial charge on any atom is -0.345 e. The van der Waals surface area contributed by atoms with Gasteiger partial charge in [-0.2, -0.15) is 18.4 Å². The maximum absolute atomic E-state index is 13.0. The second-order valence-electron chi connectivity index (χ2n) is 4.43. The zero-order valence-corrected chi connectivity index (χ0v) is 12.7. The van der Waals surface area contributed by atoms with E-state index in [1.807, 2.05) is 0 Å². The summed E-state index contributed by atoms with van der Waals surface area (Å²) in [6.07, 6.45) is -4.01. The molecule has 0 amide bonds. The maximum Gasteiger partial charge on any atom is 0.416 e. The van der Waals surface area contributed by atoms with Gasteiger partial charge in [-0.3, -0.25) is 9.17 Å². The number of nitrogens with zero attached hydrogens (tertiary/aromatic N) is 1. The highest BCUT2D eigenvalue weighted by Crippen LogP contribution is 2.33. The van der Waals surface area contributed by atoms with Gasteiger partial charge >= 0.3 is 6.18 Å². The van der Waals surface area contributed by atoms with Crippen LogP contribution in [0.15, 0.2) is 23.0 Å². The number of benzene rings is 1. The number of hydrogen-bond donors (Lipinski definition) is 2. The van der Waals surface area contributed by atoms with E-state index in [1.165, 1.54) is 6.07 Å². The predicted molar refractivity (Wildman–Crippen MR) is 81.6 cm³/mol. The molecule has 0 unspecified atom stereocenters. The molecule has 23 heavy (non-hydrogen) atoms. The van der Waals surface area contributed by atoms with Gasteiger partial charge in [0.1, 0.15) is 11.1 Å². The molecular formula is C15H10F3N3OS. The molecular weight excluding hydrogens is 327 g/mol. The molecule has 2 N–H and O–H groups in total. The number of H-pyrrole nitrogens is 1. The lowest BCUT2D eigenvalue weighted by molar-refractivity contribution is -0.137. The smallest absolute Gasteiger partial charge is 0.345 e. The molecule has 0 saturated carbocycles. The van der Waals surface area contributed by atoms with Crippen molar-refractivity contribution in [2.75, 3.05) is 5.32 Å². The van der Waals surface area contributed by atoms with E-state index in [0.29, 0.717) is 6.42 Å². The van der Waals surface area contributed by atoms with Crippen LogP contribution in [0.5, 0.6) is 0 Å². The van der Waals surface area contributed by atoms with E-state index >= 15 is 0 Å². The number of rotatable bonds is 2. The fourth-order valence-corrected chi connectivity index (χ4v) is 2.46. The van der Waals surface area contributed by atoms with Gasteiger partial charge in [-0.1, -0.05) is 18.8 Å². The molecule has 8 heteroatoms. The van der Waals surface area contributed by atoms with Crippen LogP contribution in [0, 0.1) is 23.2 Å². The number of aromatic nitrogens is 1. The van der Waals surface area contributed by atoms with Crippen LogP contribution in [0.2, 0.25) is 0 Å². The Morgan fingerprint density at radius 2 is 2.09 bits per heavy atom. The van der Waals surface area contributed by atoms with Gasteiger partial charge in [0.2, 0.25) is 0 Å². The number of anilines is 2. The Morgan fingerprint density at radius 1 is 1.35 bits per heavy atom. The molecule has 0 fully saturated rings. The van der Waals surface area contributed by atoms with Crippen molar-refractivity contribution in [1.29, 1.82) is 5.26 Å². The van der Waals surface area contributed by atoms with Gasteiger partial charge in [-0.25, -0.2) is 0 Å². The first kappa shape index (κ1) is 16.7. The number of hydrogen-bond acceptors (Lipinski definition) is 4. The molecule has 0 saturated heterocycles. The summed E-state index contributed by atoms with van der Waals surface area (Å²) in [6.45, 7) is 1.79. The van der Waals surface area contributed by atoms with Crippen LogP contribution >= 0.6 is 11.5 Å². The SMILES string of the molecule is CCC#Cc1cc(Nc2s[nH]c(=O)c2C#N)cc(C(F)(F)F)c1. The summed E-state index contributed by atoms with van der Waals surface area (Å²) in [5, 5.41) is 11.7. The molecule has 2 rings (SSSR count). The van der Waals surface area contributed by atoms with Crippen molar-refractivity contribution >= 4 is 22.2 Å². The number of halogens is 3. The third-order valence-electron chi connectivity index (χ3n) is 2.74. The quantitative estimate of drug-likeness (QED) is 0.818. The van der Waals surface area contributed by atoms with Crippen LogP contribution in [0.3, 0.4) is 0 Å². The van der Waals surface area contributed by atoms with Gasteiger partial charge in [0.25, 0.3) is 5.56 Å². The highest BCUT2D eigenvalue weighted by molar-refractivity contribution is 7.10. The molecule has 1 aromatic heterocycles. The molecule has 0 atom stereocenters. The zero-order valence-electron chi connectivity index (χ0n) is 11.8. The first-order chi connectivity index (χ1) is 10.8. The minimum atomic E-state index is -4.52. The Balaban J connectivity index is 2.49. The molecule has 0 aliphatic carbocycles. The molecule has 0 aliphatic rings. The van der Waals surface area contributed by atoms with E-state index in [1.54, 1.807) is 13.0 Å². The van der Waals surface area contributed by atoms with Gasteiger partial charge < -0.3 is 5.32 Å². The molecule has 0 aliphatic heterocycles. The van der Waals surface area contributed by atoms with Crippen molar-refractivity contribution < 1.29 is 13.2 Å². The lowest BCUT2D eigenvalue weighted by Crippen LogP contribution is -2.07. The van der Waals surface area contributed by atoms with E-state index in [0.717, 1.165) is 23.7 Å². The standard InChI is InChI=1S/C15H10F3N3OS/c1-2-3-4-9-5-10(15(16,17)18)7-11(6-9)20-14-12(8-19)13(22)21-23-14/h5-7,20H,2H2,1H3,(H,21,22). The maximum atomic E-state index is 13.0. The number of alkyl halides is 3. The van der Waals surface area contributed by atoms with E-state index in [4.69, 9.17) is 5.26 Å². The Labute approximate surface area is 133 Å². The van der Waals surface area contributed by atoms with Crippen molar-refractivity contribution in [3.8, 4) is 17.9 Å². The fraction of sp³-hybridized carbons (Fsp3) is 0.200. The highest BCUT2D eigenvalue weighted by atomic mass is 32.1. The molecule has 4 nitrogen and oxygen atoms in total. The van der Waals surface area contributed by atoms with Gasteiger partial charge in [0.05, 0.1) is 5.56 Å². The number of aromatic amines is 1. The Kier molecular flexibility index (Phi) is 4.77. The summed E-state index contributed by atoms with van der Waals surface area (Å²) in [7, 11) is 0. The molecule has 1 heterocycles. The van der Waals surface area contributed by atoms with E-state index in [-0.39, 0.29) is 21.8 Å². The molecule has 0 bridgehead atoms. The van der Waals surface area contributed by atoms with Crippen molar-refractivity contribution in [3.05, 3.63) is 45.2 Å². The molecule has 2 aromatic rings. The van der Waals surface area contributed by atoms with Crippen molar-refractivity contribution in [2.45, 2.75) is 19.5 Å².